The van der Waals surface area contributed by atoms with Crippen molar-refractivity contribution in [2.24, 2.45) is 0 Å². The Morgan fingerprint density at radius 2 is 2.05 bits per heavy atom. The second-order valence-corrected chi connectivity index (χ2v) is 5.94. The van der Waals surface area contributed by atoms with E-state index in [1.165, 1.54) is 11.1 Å². The molecule has 21 heavy (non-hydrogen) atoms. The lowest BCUT2D eigenvalue weighted by Gasteiger charge is -2.16. The van der Waals surface area contributed by atoms with Gasteiger partial charge < -0.3 is 14.8 Å². The Balaban J connectivity index is 1.39. The van der Waals surface area contributed by atoms with E-state index in [0.29, 0.717) is 6.61 Å². The van der Waals surface area contributed by atoms with Crippen molar-refractivity contribution in [3.8, 4) is 11.5 Å². The Morgan fingerprint density at radius 1 is 1.14 bits per heavy atom. The standard InChI is InChI=1S/C17H16ClNO2/c18-12-5-6-16-11(7-12)8-13(21-16)9-19-15-10-20-17-4-2-1-3-14(15)17/h1-7,13,15,19H,8-10H2. The third kappa shape index (κ3) is 2.47. The molecule has 0 amide bonds. The number of hydrogen-bond donors (Lipinski definition) is 1. The summed E-state index contributed by atoms with van der Waals surface area (Å²) >= 11 is 6.02. The second kappa shape index (κ2) is 5.24. The van der Waals surface area contributed by atoms with Gasteiger partial charge in [-0.25, -0.2) is 0 Å². The van der Waals surface area contributed by atoms with Gasteiger partial charge in [0.25, 0.3) is 0 Å². The van der Waals surface area contributed by atoms with E-state index in [4.69, 9.17) is 21.1 Å². The zero-order chi connectivity index (χ0) is 14.2. The molecule has 2 heterocycles. The van der Waals surface area contributed by atoms with Gasteiger partial charge in [0.15, 0.2) is 0 Å². The molecule has 2 aromatic rings. The molecule has 108 valence electrons. The maximum Gasteiger partial charge on any atom is 0.124 e. The van der Waals surface area contributed by atoms with Crippen LogP contribution >= 0.6 is 11.6 Å². The first-order valence-corrected chi connectivity index (χ1v) is 7.57. The highest BCUT2D eigenvalue weighted by Gasteiger charge is 2.27. The van der Waals surface area contributed by atoms with Gasteiger partial charge in [-0.2, -0.15) is 0 Å². The molecule has 0 saturated heterocycles. The fourth-order valence-corrected chi connectivity index (χ4v) is 3.20. The molecular weight excluding hydrogens is 286 g/mol. The van der Waals surface area contributed by atoms with Crippen molar-refractivity contribution in [2.75, 3.05) is 13.2 Å². The van der Waals surface area contributed by atoms with Crippen LogP contribution < -0.4 is 14.8 Å². The molecule has 0 radical (unpaired) electrons. The van der Waals surface area contributed by atoms with Gasteiger partial charge in [0.1, 0.15) is 24.2 Å². The van der Waals surface area contributed by atoms with E-state index in [2.05, 4.69) is 11.4 Å². The van der Waals surface area contributed by atoms with Crippen LogP contribution in [0.5, 0.6) is 11.5 Å². The third-order valence-corrected chi connectivity index (χ3v) is 4.29. The Hall–Kier alpha value is -1.71. The monoisotopic (exact) mass is 301 g/mol. The fraction of sp³-hybridized carbons (Fsp3) is 0.294. The minimum Gasteiger partial charge on any atom is -0.491 e. The first-order valence-electron chi connectivity index (χ1n) is 7.20. The van der Waals surface area contributed by atoms with Crippen molar-refractivity contribution in [2.45, 2.75) is 18.6 Å². The van der Waals surface area contributed by atoms with Crippen molar-refractivity contribution >= 4 is 11.6 Å². The van der Waals surface area contributed by atoms with Crippen LogP contribution in [-0.2, 0) is 6.42 Å². The molecule has 2 aromatic carbocycles. The summed E-state index contributed by atoms with van der Waals surface area (Å²) in [4.78, 5) is 0. The van der Waals surface area contributed by atoms with E-state index in [9.17, 15) is 0 Å². The van der Waals surface area contributed by atoms with E-state index in [-0.39, 0.29) is 12.1 Å². The molecule has 3 nitrogen and oxygen atoms in total. The lowest BCUT2D eigenvalue weighted by molar-refractivity contribution is 0.214. The van der Waals surface area contributed by atoms with Crippen LogP contribution in [0.3, 0.4) is 0 Å². The van der Waals surface area contributed by atoms with E-state index in [1.807, 2.05) is 36.4 Å². The van der Waals surface area contributed by atoms with Gasteiger partial charge in [-0.1, -0.05) is 29.8 Å². The van der Waals surface area contributed by atoms with E-state index in [1.54, 1.807) is 0 Å². The van der Waals surface area contributed by atoms with E-state index >= 15 is 0 Å². The highest BCUT2D eigenvalue weighted by Crippen LogP contribution is 2.33. The van der Waals surface area contributed by atoms with Crippen molar-refractivity contribution in [3.63, 3.8) is 0 Å². The summed E-state index contributed by atoms with van der Waals surface area (Å²) in [5.74, 6) is 1.94. The zero-order valence-corrected chi connectivity index (χ0v) is 12.3. The molecule has 4 rings (SSSR count). The number of fused-ring (bicyclic) bond motifs is 2. The van der Waals surface area contributed by atoms with Crippen LogP contribution in [0.25, 0.3) is 0 Å². The third-order valence-electron chi connectivity index (χ3n) is 4.06. The quantitative estimate of drug-likeness (QED) is 0.943. The SMILES string of the molecule is Clc1ccc2c(c1)CC(CNC1COc3ccccc31)O2. The number of para-hydroxylation sites is 1. The summed E-state index contributed by atoms with van der Waals surface area (Å²) in [6.45, 7) is 1.49. The predicted molar refractivity (Wildman–Crippen MR) is 82.3 cm³/mol. The Morgan fingerprint density at radius 3 is 3.00 bits per heavy atom. The predicted octanol–water partition coefficient (Wildman–Crippen LogP) is 3.37. The molecular formula is C17H16ClNO2. The highest BCUT2D eigenvalue weighted by atomic mass is 35.5. The minimum absolute atomic E-state index is 0.159. The molecule has 0 fully saturated rings. The minimum atomic E-state index is 0.159. The molecule has 2 aliphatic heterocycles. The van der Waals surface area contributed by atoms with Crippen LogP contribution in [0.4, 0.5) is 0 Å². The lowest BCUT2D eigenvalue weighted by atomic mass is 10.1. The van der Waals surface area contributed by atoms with Crippen LogP contribution in [0.15, 0.2) is 42.5 Å². The van der Waals surface area contributed by atoms with Gasteiger partial charge in [0.05, 0.1) is 6.04 Å². The number of rotatable bonds is 3. The van der Waals surface area contributed by atoms with Crippen LogP contribution in [-0.4, -0.2) is 19.3 Å². The number of ether oxygens (including phenoxy) is 2. The van der Waals surface area contributed by atoms with Gasteiger partial charge in [0, 0.05) is 23.6 Å². The smallest absolute Gasteiger partial charge is 0.124 e. The second-order valence-electron chi connectivity index (χ2n) is 5.51. The molecule has 0 spiro atoms. The summed E-state index contributed by atoms with van der Waals surface area (Å²) in [5, 5.41) is 4.31. The molecule has 0 saturated carbocycles. The van der Waals surface area contributed by atoms with Crippen molar-refractivity contribution < 1.29 is 9.47 Å². The van der Waals surface area contributed by atoms with E-state index < -0.39 is 0 Å². The normalized spacial score (nSPS) is 22.3. The summed E-state index contributed by atoms with van der Waals surface area (Å²) in [6.07, 6.45) is 1.06. The molecule has 0 bridgehead atoms. The number of halogens is 1. The van der Waals surface area contributed by atoms with Gasteiger partial charge >= 0.3 is 0 Å². The zero-order valence-electron chi connectivity index (χ0n) is 11.5. The molecule has 4 heteroatoms. The maximum absolute atomic E-state index is 6.02. The average molecular weight is 302 g/mol. The maximum atomic E-state index is 6.02. The van der Waals surface area contributed by atoms with Gasteiger partial charge in [-0.05, 0) is 29.8 Å². The molecule has 2 unspecified atom stereocenters. The van der Waals surface area contributed by atoms with Crippen molar-refractivity contribution in [3.05, 3.63) is 58.6 Å². The van der Waals surface area contributed by atoms with Crippen molar-refractivity contribution in [1.29, 1.82) is 0 Å². The number of hydrogen-bond acceptors (Lipinski definition) is 3. The van der Waals surface area contributed by atoms with Gasteiger partial charge in [0.2, 0.25) is 0 Å². The number of benzene rings is 2. The van der Waals surface area contributed by atoms with Crippen LogP contribution in [0.2, 0.25) is 5.02 Å². The van der Waals surface area contributed by atoms with Gasteiger partial charge in [-0.3, -0.25) is 0 Å². The molecule has 2 atom stereocenters. The average Bonchev–Trinajstić information content (AvgIpc) is 3.08. The van der Waals surface area contributed by atoms with Crippen molar-refractivity contribution in [1.82, 2.24) is 5.32 Å². The summed E-state index contributed by atoms with van der Waals surface area (Å²) in [7, 11) is 0. The van der Waals surface area contributed by atoms with Gasteiger partial charge in [-0.15, -0.1) is 0 Å². The summed E-state index contributed by atoms with van der Waals surface area (Å²) < 4.78 is 11.6. The first kappa shape index (κ1) is 13.0. The van der Waals surface area contributed by atoms with E-state index in [0.717, 1.165) is 29.5 Å². The highest BCUT2D eigenvalue weighted by molar-refractivity contribution is 6.30. The fourth-order valence-electron chi connectivity index (χ4n) is 3.01. The number of nitrogens with one attached hydrogen (secondary N) is 1. The first-order chi connectivity index (χ1) is 10.3. The Bertz CT molecular complexity index is 674. The Labute approximate surface area is 128 Å². The molecule has 1 N–H and O–H groups in total. The molecule has 0 aromatic heterocycles. The summed E-state index contributed by atoms with van der Waals surface area (Å²) in [5.41, 5.74) is 2.42. The van der Waals surface area contributed by atoms with Crippen LogP contribution in [0.1, 0.15) is 17.2 Å². The summed E-state index contributed by atoms with van der Waals surface area (Å²) in [6, 6.07) is 14.2. The van der Waals surface area contributed by atoms with Crippen LogP contribution in [0, 0.1) is 0 Å². The molecule has 0 aliphatic carbocycles. The topological polar surface area (TPSA) is 30.5 Å². The molecule has 2 aliphatic rings. The largest absolute Gasteiger partial charge is 0.491 e. The Kier molecular flexibility index (Phi) is 3.24. The lowest BCUT2D eigenvalue weighted by Crippen LogP contribution is -2.33.